The molecule has 17 heavy (non-hydrogen) atoms. The second-order valence-electron chi connectivity index (χ2n) is 4.10. The van der Waals surface area contributed by atoms with Crippen LogP contribution in [0.1, 0.15) is 21.7 Å². The summed E-state index contributed by atoms with van der Waals surface area (Å²) in [6.07, 6.45) is 0. The zero-order valence-corrected chi connectivity index (χ0v) is 11.0. The molecule has 0 saturated heterocycles. The fourth-order valence-corrected chi connectivity index (χ4v) is 2.45. The summed E-state index contributed by atoms with van der Waals surface area (Å²) in [5.74, 6) is 0. The molecule has 1 aromatic heterocycles. The lowest BCUT2D eigenvalue weighted by Crippen LogP contribution is -2.13. The van der Waals surface area contributed by atoms with Crippen LogP contribution in [0.2, 0.25) is 0 Å². The van der Waals surface area contributed by atoms with Crippen LogP contribution in [0.5, 0.6) is 0 Å². The van der Waals surface area contributed by atoms with E-state index in [0.29, 0.717) is 0 Å². The SMILES string of the molecule is Cc1ncsc1CNCc1cccc(N)c1C. The molecule has 2 aromatic rings. The van der Waals surface area contributed by atoms with Crippen LogP contribution in [-0.2, 0) is 13.1 Å². The molecule has 0 aliphatic rings. The Morgan fingerprint density at radius 2 is 2.12 bits per heavy atom. The molecule has 0 fully saturated rings. The molecule has 0 saturated carbocycles. The van der Waals surface area contributed by atoms with Crippen molar-refractivity contribution in [2.24, 2.45) is 0 Å². The fourth-order valence-electron chi connectivity index (χ4n) is 1.70. The van der Waals surface area contributed by atoms with Gasteiger partial charge in [0.15, 0.2) is 0 Å². The van der Waals surface area contributed by atoms with Gasteiger partial charge >= 0.3 is 0 Å². The van der Waals surface area contributed by atoms with Gasteiger partial charge in [-0.3, -0.25) is 0 Å². The van der Waals surface area contributed by atoms with Gasteiger partial charge in [-0.25, -0.2) is 4.98 Å². The number of aromatic nitrogens is 1. The molecule has 0 bridgehead atoms. The van der Waals surface area contributed by atoms with E-state index in [0.717, 1.165) is 24.5 Å². The van der Waals surface area contributed by atoms with E-state index in [4.69, 9.17) is 5.73 Å². The van der Waals surface area contributed by atoms with Gasteiger partial charge in [0, 0.05) is 23.7 Å². The Morgan fingerprint density at radius 3 is 2.82 bits per heavy atom. The molecule has 90 valence electrons. The van der Waals surface area contributed by atoms with Crippen molar-refractivity contribution in [3.05, 3.63) is 45.4 Å². The second-order valence-corrected chi connectivity index (χ2v) is 5.04. The number of anilines is 1. The molecule has 3 N–H and O–H groups in total. The van der Waals surface area contributed by atoms with E-state index in [1.807, 2.05) is 24.6 Å². The number of aryl methyl sites for hydroxylation is 1. The normalized spacial score (nSPS) is 10.7. The van der Waals surface area contributed by atoms with Crippen molar-refractivity contribution in [3.8, 4) is 0 Å². The van der Waals surface area contributed by atoms with Crippen molar-refractivity contribution in [2.75, 3.05) is 5.73 Å². The van der Waals surface area contributed by atoms with Gasteiger partial charge < -0.3 is 11.1 Å². The number of nitrogens with two attached hydrogens (primary N) is 1. The molecule has 1 heterocycles. The molecule has 1 aromatic carbocycles. The minimum absolute atomic E-state index is 0.841. The lowest BCUT2D eigenvalue weighted by molar-refractivity contribution is 0.694. The number of thiazole rings is 1. The van der Waals surface area contributed by atoms with Crippen molar-refractivity contribution < 1.29 is 0 Å². The first-order valence-electron chi connectivity index (χ1n) is 5.62. The largest absolute Gasteiger partial charge is 0.399 e. The first-order chi connectivity index (χ1) is 8.18. The maximum Gasteiger partial charge on any atom is 0.0798 e. The van der Waals surface area contributed by atoms with Crippen LogP contribution in [0.25, 0.3) is 0 Å². The Labute approximate surface area is 106 Å². The number of nitrogen functional groups attached to an aromatic ring is 1. The van der Waals surface area contributed by atoms with Gasteiger partial charge in [-0.05, 0) is 31.0 Å². The molecule has 2 rings (SSSR count). The Balaban J connectivity index is 1.95. The standard InChI is InChI=1S/C13H17N3S/c1-9-11(4-3-5-12(9)14)6-15-7-13-10(2)16-8-17-13/h3-5,8,15H,6-7,14H2,1-2H3. The lowest BCUT2D eigenvalue weighted by atomic mass is 10.1. The fraction of sp³-hybridized carbons (Fsp3) is 0.308. The van der Waals surface area contributed by atoms with Gasteiger partial charge in [-0.1, -0.05) is 12.1 Å². The van der Waals surface area contributed by atoms with E-state index in [9.17, 15) is 0 Å². The summed E-state index contributed by atoms with van der Waals surface area (Å²) in [6.45, 7) is 5.81. The molecule has 0 aliphatic heterocycles. The first kappa shape index (κ1) is 12.1. The molecule has 0 aliphatic carbocycles. The van der Waals surface area contributed by atoms with Crippen molar-refractivity contribution in [1.29, 1.82) is 0 Å². The highest BCUT2D eigenvalue weighted by Gasteiger charge is 2.03. The average molecular weight is 247 g/mol. The van der Waals surface area contributed by atoms with Crippen molar-refractivity contribution in [3.63, 3.8) is 0 Å². The van der Waals surface area contributed by atoms with E-state index in [-0.39, 0.29) is 0 Å². The molecule has 0 amide bonds. The summed E-state index contributed by atoms with van der Waals surface area (Å²) in [5.41, 5.74) is 12.2. The van der Waals surface area contributed by atoms with Gasteiger partial charge in [0.2, 0.25) is 0 Å². The number of nitrogens with one attached hydrogen (secondary N) is 1. The zero-order chi connectivity index (χ0) is 12.3. The van der Waals surface area contributed by atoms with Crippen molar-refractivity contribution in [2.45, 2.75) is 26.9 Å². The van der Waals surface area contributed by atoms with Crippen LogP contribution >= 0.6 is 11.3 Å². The smallest absolute Gasteiger partial charge is 0.0798 e. The molecule has 0 radical (unpaired) electrons. The average Bonchev–Trinajstić information content (AvgIpc) is 2.71. The maximum absolute atomic E-state index is 5.88. The van der Waals surface area contributed by atoms with Crippen LogP contribution in [0.15, 0.2) is 23.7 Å². The maximum atomic E-state index is 5.88. The Bertz CT molecular complexity index is 505. The van der Waals surface area contributed by atoms with Crippen molar-refractivity contribution in [1.82, 2.24) is 10.3 Å². The molecule has 0 unspecified atom stereocenters. The summed E-state index contributed by atoms with van der Waals surface area (Å²) < 4.78 is 0. The van der Waals surface area contributed by atoms with E-state index in [1.54, 1.807) is 11.3 Å². The Morgan fingerprint density at radius 1 is 1.29 bits per heavy atom. The second kappa shape index (κ2) is 5.29. The lowest BCUT2D eigenvalue weighted by Gasteiger charge is -2.09. The Hall–Kier alpha value is -1.39. The topological polar surface area (TPSA) is 50.9 Å². The quantitative estimate of drug-likeness (QED) is 0.817. The highest BCUT2D eigenvalue weighted by atomic mass is 32.1. The van der Waals surface area contributed by atoms with E-state index in [1.165, 1.54) is 16.0 Å². The summed E-state index contributed by atoms with van der Waals surface area (Å²) >= 11 is 1.69. The van der Waals surface area contributed by atoms with E-state index in [2.05, 4.69) is 23.3 Å². The third kappa shape index (κ3) is 2.84. The van der Waals surface area contributed by atoms with Crippen LogP contribution < -0.4 is 11.1 Å². The minimum Gasteiger partial charge on any atom is -0.399 e. The zero-order valence-electron chi connectivity index (χ0n) is 10.2. The minimum atomic E-state index is 0.841. The van der Waals surface area contributed by atoms with E-state index < -0.39 is 0 Å². The molecule has 3 nitrogen and oxygen atoms in total. The molecule has 0 atom stereocenters. The summed E-state index contributed by atoms with van der Waals surface area (Å²) in [7, 11) is 0. The predicted molar refractivity (Wildman–Crippen MR) is 73.0 cm³/mol. The summed E-state index contributed by atoms with van der Waals surface area (Å²) in [6, 6.07) is 6.04. The number of benzene rings is 1. The molecular formula is C13H17N3S. The third-order valence-electron chi connectivity index (χ3n) is 2.93. The third-order valence-corrected chi connectivity index (χ3v) is 3.87. The highest BCUT2D eigenvalue weighted by Crippen LogP contribution is 2.16. The van der Waals surface area contributed by atoms with Gasteiger partial charge in [0.1, 0.15) is 0 Å². The van der Waals surface area contributed by atoms with Gasteiger partial charge in [0.25, 0.3) is 0 Å². The molecule has 0 spiro atoms. The molecule has 4 heteroatoms. The first-order valence-corrected chi connectivity index (χ1v) is 6.50. The summed E-state index contributed by atoms with van der Waals surface area (Å²) in [4.78, 5) is 5.53. The van der Waals surface area contributed by atoms with Gasteiger partial charge in [-0.2, -0.15) is 0 Å². The highest BCUT2D eigenvalue weighted by molar-refractivity contribution is 7.09. The Kier molecular flexibility index (Phi) is 3.76. The van der Waals surface area contributed by atoms with Gasteiger partial charge in [-0.15, -0.1) is 11.3 Å². The van der Waals surface area contributed by atoms with E-state index >= 15 is 0 Å². The molecular weight excluding hydrogens is 230 g/mol. The number of nitrogens with zero attached hydrogens (tertiary/aromatic N) is 1. The number of hydrogen-bond acceptors (Lipinski definition) is 4. The van der Waals surface area contributed by atoms with Crippen molar-refractivity contribution >= 4 is 17.0 Å². The van der Waals surface area contributed by atoms with Crippen LogP contribution in [0.4, 0.5) is 5.69 Å². The number of rotatable bonds is 4. The number of hydrogen-bond donors (Lipinski definition) is 2. The van der Waals surface area contributed by atoms with Crippen LogP contribution in [0.3, 0.4) is 0 Å². The summed E-state index contributed by atoms with van der Waals surface area (Å²) in [5, 5.41) is 3.43. The van der Waals surface area contributed by atoms with Crippen LogP contribution in [0, 0.1) is 13.8 Å². The predicted octanol–water partition coefficient (Wildman–Crippen LogP) is 2.63. The van der Waals surface area contributed by atoms with Crippen LogP contribution in [-0.4, -0.2) is 4.98 Å². The monoisotopic (exact) mass is 247 g/mol. The van der Waals surface area contributed by atoms with Gasteiger partial charge in [0.05, 0.1) is 11.2 Å².